The highest BCUT2D eigenvalue weighted by Gasteiger charge is 2.18. The predicted octanol–water partition coefficient (Wildman–Crippen LogP) is 6.11. The Labute approximate surface area is 188 Å². The SMILES string of the molecule is NC(=O)c1cccc2c1c1[c]cc(-c3c(Cl)cccc3Cl)cc1n2Cc1ccncc1. The molecule has 5 aromatic rings. The molecule has 2 aromatic heterocycles. The molecular formula is C25H16Cl2N3O. The van der Waals surface area contributed by atoms with Gasteiger partial charge in [0.25, 0.3) is 0 Å². The van der Waals surface area contributed by atoms with Gasteiger partial charge in [-0.3, -0.25) is 9.78 Å². The van der Waals surface area contributed by atoms with Crippen molar-refractivity contribution in [2.75, 3.05) is 0 Å². The fraction of sp³-hybridized carbons (Fsp3) is 0.0400. The Hall–Kier alpha value is -3.34. The molecule has 4 nitrogen and oxygen atoms in total. The first-order chi connectivity index (χ1) is 15.0. The second-order valence-electron chi connectivity index (χ2n) is 7.25. The lowest BCUT2D eigenvalue weighted by molar-refractivity contribution is 0.100. The molecule has 6 heteroatoms. The number of aromatic nitrogens is 2. The normalized spacial score (nSPS) is 11.3. The summed E-state index contributed by atoms with van der Waals surface area (Å²) in [6, 6.07) is 22.2. The van der Waals surface area contributed by atoms with Crippen molar-refractivity contribution in [3.63, 3.8) is 0 Å². The Balaban J connectivity index is 1.84. The molecule has 31 heavy (non-hydrogen) atoms. The standard InChI is InChI=1S/C25H16Cl2N3O/c26-19-4-2-5-20(27)23(19)16-7-8-17-22(13-16)30(14-15-9-11-29-12-10-15)21-6-1-3-18(24(17)21)25(28)31/h1-7,9-13H,14H2,(H2,28,31). The van der Waals surface area contributed by atoms with Crippen LogP contribution in [0.3, 0.4) is 0 Å². The third-order valence-electron chi connectivity index (χ3n) is 5.40. The predicted molar refractivity (Wildman–Crippen MR) is 126 cm³/mol. The van der Waals surface area contributed by atoms with E-state index >= 15 is 0 Å². The number of fused-ring (bicyclic) bond motifs is 3. The summed E-state index contributed by atoms with van der Waals surface area (Å²) in [7, 11) is 0. The van der Waals surface area contributed by atoms with Crippen LogP contribution < -0.4 is 5.73 Å². The average molecular weight is 445 g/mol. The van der Waals surface area contributed by atoms with Crippen LogP contribution in [-0.4, -0.2) is 15.5 Å². The number of carbonyl (C=O) groups excluding carboxylic acids is 1. The van der Waals surface area contributed by atoms with Crippen molar-refractivity contribution in [2.24, 2.45) is 5.73 Å². The van der Waals surface area contributed by atoms with Crippen molar-refractivity contribution in [1.29, 1.82) is 0 Å². The number of nitrogens with two attached hydrogens (primary N) is 1. The summed E-state index contributed by atoms with van der Waals surface area (Å²) in [6.45, 7) is 0.596. The van der Waals surface area contributed by atoms with Gasteiger partial charge in [0, 0.05) is 50.9 Å². The van der Waals surface area contributed by atoms with Crippen molar-refractivity contribution < 1.29 is 4.79 Å². The van der Waals surface area contributed by atoms with E-state index in [1.54, 1.807) is 18.5 Å². The molecular weight excluding hydrogens is 429 g/mol. The summed E-state index contributed by atoms with van der Waals surface area (Å²) in [6.07, 6.45) is 3.53. The van der Waals surface area contributed by atoms with E-state index in [2.05, 4.69) is 15.6 Å². The zero-order valence-electron chi connectivity index (χ0n) is 16.3. The van der Waals surface area contributed by atoms with Gasteiger partial charge in [-0.1, -0.05) is 35.3 Å². The van der Waals surface area contributed by atoms with E-state index in [1.165, 1.54) is 0 Å². The molecule has 0 aliphatic rings. The maximum Gasteiger partial charge on any atom is 0.249 e. The smallest absolute Gasteiger partial charge is 0.249 e. The Bertz CT molecular complexity index is 1440. The van der Waals surface area contributed by atoms with Gasteiger partial charge in [-0.05, 0) is 65.7 Å². The van der Waals surface area contributed by atoms with Gasteiger partial charge in [0.15, 0.2) is 0 Å². The summed E-state index contributed by atoms with van der Waals surface area (Å²) < 4.78 is 2.15. The van der Waals surface area contributed by atoms with Crippen LogP contribution in [0.2, 0.25) is 10.0 Å². The minimum atomic E-state index is -0.472. The molecule has 0 spiro atoms. The van der Waals surface area contributed by atoms with Gasteiger partial charge in [0.1, 0.15) is 0 Å². The Kier molecular flexibility index (Phi) is 4.89. The van der Waals surface area contributed by atoms with Crippen LogP contribution in [-0.2, 0) is 6.54 Å². The number of rotatable bonds is 4. The van der Waals surface area contributed by atoms with Crippen LogP contribution in [0.5, 0.6) is 0 Å². The molecule has 0 atom stereocenters. The summed E-state index contributed by atoms with van der Waals surface area (Å²) in [5.41, 5.74) is 10.7. The molecule has 2 heterocycles. The molecule has 0 aliphatic heterocycles. The molecule has 1 amide bonds. The average Bonchev–Trinajstić information content (AvgIpc) is 3.07. The van der Waals surface area contributed by atoms with E-state index in [4.69, 9.17) is 28.9 Å². The van der Waals surface area contributed by atoms with Crippen LogP contribution in [0, 0.1) is 6.07 Å². The number of primary amides is 1. The number of halogens is 2. The van der Waals surface area contributed by atoms with E-state index in [0.717, 1.165) is 38.5 Å². The first-order valence-electron chi connectivity index (χ1n) is 9.64. The molecule has 5 rings (SSSR count). The number of hydrogen-bond donors (Lipinski definition) is 1. The molecule has 0 aliphatic carbocycles. The van der Waals surface area contributed by atoms with Crippen molar-refractivity contribution >= 4 is 50.9 Å². The fourth-order valence-corrected chi connectivity index (χ4v) is 4.64. The van der Waals surface area contributed by atoms with E-state index in [-0.39, 0.29) is 0 Å². The molecule has 151 valence electrons. The minimum Gasteiger partial charge on any atom is -0.366 e. The first-order valence-corrected chi connectivity index (χ1v) is 10.4. The second-order valence-corrected chi connectivity index (χ2v) is 8.07. The lowest BCUT2D eigenvalue weighted by atomic mass is 10.0. The van der Waals surface area contributed by atoms with Gasteiger partial charge in [-0.2, -0.15) is 0 Å². The number of nitrogens with zero attached hydrogens (tertiary/aromatic N) is 2. The summed E-state index contributed by atoms with van der Waals surface area (Å²) >= 11 is 12.9. The van der Waals surface area contributed by atoms with Gasteiger partial charge >= 0.3 is 0 Å². The third kappa shape index (κ3) is 3.34. The molecule has 0 saturated heterocycles. The van der Waals surface area contributed by atoms with Crippen LogP contribution >= 0.6 is 23.2 Å². The quantitative estimate of drug-likeness (QED) is 0.363. The maximum atomic E-state index is 12.2. The Morgan fingerprint density at radius 2 is 1.71 bits per heavy atom. The first kappa shape index (κ1) is 19.6. The van der Waals surface area contributed by atoms with E-state index in [9.17, 15) is 4.79 Å². The Morgan fingerprint density at radius 1 is 1.00 bits per heavy atom. The van der Waals surface area contributed by atoms with E-state index in [1.807, 2.05) is 54.6 Å². The topological polar surface area (TPSA) is 60.9 Å². The summed E-state index contributed by atoms with van der Waals surface area (Å²) in [4.78, 5) is 16.3. The van der Waals surface area contributed by atoms with Crippen LogP contribution in [0.25, 0.3) is 32.9 Å². The highest BCUT2D eigenvalue weighted by Crippen LogP contribution is 2.39. The van der Waals surface area contributed by atoms with Crippen molar-refractivity contribution in [3.05, 3.63) is 100 Å². The molecule has 0 bridgehead atoms. The molecule has 0 unspecified atom stereocenters. The number of carbonyl (C=O) groups is 1. The Morgan fingerprint density at radius 3 is 2.42 bits per heavy atom. The van der Waals surface area contributed by atoms with Crippen molar-refractivity contribution in [3.8, 4) is 11.1 Å². The zero-order valence-corrected chi connectivity index (χ0v) is 17.8. The molecule has 3 aromatic carbocycles. The number of pyridine rings is 1. The molecule has 0 saturated carbocycles. The maximum absolute atomic E-state index is 12.2. The minimum absolute atomic E-state index is 0.468. The third-order valence-corrected chi connectivity index (χ3v) is 6.03. The molecule has 2 N–H and O–H groups in total. The van der Waals surface area contributed by atoms with Gasteiger partial charge < -0.3 is 10.3 Å². The van der Waals surface area contributed by atoms with Gasteiger partial charge in [0.05, 0.1) is 11.0 Å². The second kappa shape index (κ2) is 7.73. The van der Waals surface area contributed by atoms with Crippen molar-refractivity contribution in [1.82, 2.24) is 9.55 Å². The lowest BCUT2D eigenvalue weighted by Gasteiger charge is -2.10. The van der Waals surface area contributed by atoms with Crippen LogP contribution in [0.1, 0.15) is 15.9 Å². The van der Waals surface area contributed by atoms with E-state index < -0.39 is 5.91 Å². The summed E-state index contributed by atoms with van der Waals surface area (Å²) in [5, 5.41) is 2.74. The van der Waals surface area contributed by atoms with Crippen molar-refractivity contribution in [2.45, 2.75) is 6.54 Å². The lowest BCUT2D eigenvalue weighted by Crippen LogP contribution is -2.11. The number of hydrogen-bond acceptors (Lipinski definition) is 2. The van der Waals surface area contributed by atoms with Gasteiger partial charge in [0.2, 0.25) is 5.91 Å². The molecule has 0 fully saturated rings. The zero-order chi connectivity index (χ0) is 21.5. The van der Waals surface area contributed by atoms with Crippen LogP contribution in [0.4, 0.5) is 0 Å². The summed E-state index contributed by atoms with van der Waals surface area (Å²) in [5.74, 6) is -0.472. The monoisotopic (exact) mass is 444 g/mol. The largest absolute Gasteiger partial charge is 0.366 e. The fourth-order valence-electron chi connectivity index (χ4n) is 4.02. The highest BCUT2D eigenvalue weighted by molar-refractivity contribution is 6.39. The highest BCUT2D eigenvalue weighted by atomic mass is 35.5. The number of amides is 1. The van der Waals surface area contributed by atoms with Gasteiger partial charge in [-0.15, -0.1) is 0 Å². The number of benzene rings is 3. The van der Waals surface area contributed by atoms with E-state index in [0.29, 0.717) is 22.2 Å². The van der Waals surface area contributed by atoms with Gasteiger partial charge in [-0.25, -0.2) is 0 Å². The molecule has 1 radical (unpaired) electrons. The van der Waals surface area contributed by atoms with Crippen LogP contribution in [0.15, 0.2) is 73.1 Å².